The van der Waals surface area contributed by atoms with Gasteiger partial charge in [0.15, 0.2) is 10.9 Å². The number of carbonyl (C=O) groups is 1. The van der Waals surface area contributed by atoms with Gasteiger partial charge >= 0.3 is 0 Å². The van der Waals surface area contributed by atoms with Crippen molar-refractivity contribution in [3.05, 3.63) is 46.1 Å². The summed E-state index contributed by atoms with van der Waals surface area (Å²) in [6, 6.07) is 3.49. The van der Waals surface area contributed by atoms with Crippen molar-refractivity contribution in [1.82, 2.24) is 25.5 Å². The maximum atomic E-state index is 12.1. The van der Waals surface area contributed by atoms with Crippen LogP contribution in [-0.4, -0.2) is 32.6 Å². The predicted molar refractivity (Wildman–Crippen MR) is 96.9 cm³/mol. The lowest BCUT2D eigenvalue weighted by atomic mass is 10.2. The molecule has 0 aliphatic carbocycles. The molecule has 3 aromatic heterocycles. The molecule has 132 valence electrons. The summed E-state index contributed by atoms with van der Waals surface area (Å²) in [5, 5.41) is 13.3. The lowest BCUT2D eigenvalue weighted by Gasteiger charge is -2.02. The van der Waals surface area contributed by atoms with E-state index in [1.807, 2.05) is 5.38 Å². The van der Waals surface area contributed by atoms with Crippen molar-refractivity contribution >= 4 is 29.0 Å². The fourth-order valence-electron chi connectivity index (χ4n) is 2.07. The third-order valence-electron chi connectivity index (χ3n) is 3.36. The molecule has 9 heteroatoms. The molecule has 0 aliphatic heterocycles. The number of thioether (sulfide) groups is 1. The molecular weight excluding hydrogens is 358 g/mol. The third kappa shape index (κ3) is 4.93. The van der Waals surface area contributed by atoms with Gasteiger partial charge in [-0.25, -0.2) is 9.97 Å². The van der Waals surface area contributed by atoms with Crippen LogP contribution in [0.3, 0.4) is 0 Å². The molecule has 7 nitrogen and oxygen atoms in total. The van der Waals surface area contributed by atoms with Crippen molar-refractivity contribution in [3.63, 3.8) is 0 Å². The predicted octanol–water partition coefficient (Wildman–Crippen LogP) is 3.24. The van der Waals surface area contributed by atoms with E-state index >= 15 is 0 Å². The van der Waals surface area contributed by atoms with Crippen LogP contribution in [0.5, 0.6) is 0 Å². The molecule has 25 heavy (non-hydrogen) atoms. The van der Waals surface area contributed by atoms with E-state index in [2.05, 4.69) is 39.3 Å². The molecule has 0 saturated carbocycles. The van der Waals surface area contributed by atoms with E-state index in [1.54, 1.807) is 23.5 Å². The van der Waals surface area contributed by atoms with Crippen LogP contribution in [0.1, 0.15) is 46.8 Å². The number of carbonyl (C=O) groups excluding carboxylic acids is 1. The minimum absolute atomic E-state index is 0.213. The number of amides is 1. The van der Waals surface area contributed by atoms with Gasteiger partial charge in [-0.15, -0.1) is 11.3 Å². The molecule has 0 saturated heterocycles. The lowest BCUT2D eigenvalue weighted by molar-refractivity contribution is 0.0925. The van der Waals surface area contributed by atoms with Gasteiger partial charge in [0.05, 0.1) is 16.5 Å². The molecule has 1 amide bonds. The van der Waals surface area contributed by atoms with Gasteiger partial charge in [-0.3, -0.25) is 9.89 Å². The first-order chi connectivity index (χ1) is 12.1. The number of rotatable bonds is 8. The number of nitrogens with zero attached hydrogens (tertiary/aromatic N) is 3. The Balaban J connectivity index is 1.44. The van der Waals surface area contributed by atoms with Crippen LogP contribution in [0.15, 0.2) is 33.4 Å². The van der Waals surface area contributed by atoms with Gasteiger partial charge in [0.25, 0.3) is 5.91 Å². The SMILES string of the molecule is CC(C)c1nc(CCNC(=O)c2ccc(CSc3ncn[nH]3)o2)cs1. The molecule has 2 N–H and O–H groups in total. The summed E-state index contributed by atoms with van der Waals surface area (Å²) >= 11 is 3.13. The Morgan fingerprint density at radius 3 is 3.04 bits per heavy atom. The summed E-state index contributed by atoms with van der Waals surface area (Å²) in [6.45, 7) is 4.78. The Labute approximate surface area is 153 Å². The molecule has 0 aliphatic rings. The van der Waals surface area contributed by atoms with Crippen molar-refractivity contribution in [2.24, 2.45) is 0 Å². The Kier molecular flexibility index (Phi) is 5.87. The summed E-state index contributed by atoms with van der Waals surface area (Å²) in [7, 11) is 0. The van der Waals surface area contributed by atoms with E-state index in [0.29, 0.717) is 41.3 Å². The van der Waals surface area contributed by atoms with Gasteiger partial charge in [-0.05, 0) is 12.1 Å². The molecule has 0 fully saturated rings. The minimum atomic E-state index is -0.213. The number of hydrogen-bond donors (Lipinski definition) is 2. The summed E-state index contributed by atoms with van der Waals surface area (Å²) in [5.41, 5.74) is 1.01. The Bertz CT molecular complexity index is 810. The number of thiazole rings is 1. The van der Waals surface area contributed by atoms with Gasteiger partial charge in [0.1, 0.15) is 12.1 Å². The number of hydrogen-bond acceptors (Lipinski definition) is 7. The smallest absolute Gasteiger partial charge is 0.287 e. The Hall–Kier alpha value is -2.13. The zero-order chi connectivity index (χ0) is 17.6. The number of H-pyrrole nitrogens is 1. The van der Waals surface area contributed by atoms with E-state index in [-0.39, 0.29) is 5.91 Å². The van der Waals surface area contributed by atoms with E-state index < -0.39 is 0 Å². The first kappa shape index (κ1) is 17.7. The largest absolute Gasteiger partial charge is 0.455 e. The number of aromatic nitrogens is 4. The highest BCUT2D eigenvalue weighted by atomic mass is 32.2. The van der Waals surface area contributed by atoms with Gasteiger partial charge in [0.2, 0.25) is 0 Å². The fourth-order valence-corrected chi connectivity index (χ4v) is 3.62. The van der Waals surface area contributed by atoms with Gasteiger partial charge in [-0.1, -0.05) is 25.6 Å². The average Bonchev–Trinajstić information content (AvgIpc) is 3.33. The van der Waals surface area contributed by atoms with Crippen molar-refractivity contribution in [2.75, 3.05) is 6.54 Å². The van der Waals surface area contributed by atoms with E-state index in [0.717, 1.165) is 10.7 Å². The molecule has 0 aromatic carbocycles. The Morgan fingerprint density at radius 1 is 1.44 bits per heavy atom. The monoisotopic (exact) mass is 377 g/mol. The highest BCUT2D eigenvalue weighted by Crippen LogP contribution is 2.20. The quantitative estimate of drug-likeness (QED) is 0.585. The zero-order valence-electron chi connectivity index (χ0n) is 14.0. The molecule has 3 heterocycles. The van der Waals surface area contributed by atoms with E-state index in [4.69, 9.17) is 4.42 Å². The molecule has 0 spiro atoms. The van der Waals surface area contributed by atoms with Gasteiger partial charge < -0.3 is 9.73 Å². The highest BCUT2D eigenvalue weighted by molar-refractivity contribution is 7.98. The Morgan fingerprint density at radius 2 is 2.32 bits per heavy atom. The van der Waals surface area contributed by atoms with Crippen LogP contribution in [0.2, 0.25) is 0 Å². The third-order valence-corrected chi connectivity index (χ3v) is 5.45. The molecule has 3 aromatic rings. The standard InChI is InChI=1S/C16H19N5O2S2/c1-10(2)15-20-11(7-24-15)5-6-17-14(22)13-4-3-12(23-13)8-25-16-18-9-19-21-16/h3-4,7,9-10H,5-6,8H2,1-2H3,(H,17,22)(H,18,19,21). The molecule has 0 bridgehead atoms. The van der Waals surface area contributed by atoms with Crippen molar-refractivity contribution in [3.8, 4) is 0 Å². The summed E-state index contributed by atoms with van der Waals surface area (Å²) in [6.07, 6.45) is 2.17. The van der Waals surface area contributed by atoms with Gasteiger partial charge in [0, 0.05) is 24.3 Å². The summed E-state index contributed by atoms with van der Waals surface area (Å²) < 4.78 is 5.57. The lowest BCUT2D eigenvalue weighted by Crippen LogP contribution is -2.25. The van der Waals surface area contributed by atoms with Crippen LogP contribution >= 0.6 is 23.1 Å². The van der Waals surface area contributed by atoms with Crippen LogP contribution in [0.25, 0.3) is 0 Å². The number of aromatic amines is 1. The topological polar surface area (TPSA) is 96.7 Å². The van der Waals surface area contributed by atoms with Gasteiger partial charge in [-0.2, -0.15) is 5.10 Å². The second-order valence-electron chi connectivity index (χ2n) is 5.68. The molecule has 0 atom stereocenters. The first-order valence-corrected chi connectivity index (χ1v) is 9.77. The second kappa shape index (κ2) is 8.30. The molecule has 0 unspecified atom stereocenters. The molecule has 0 radical (unpaired) electrons. The van der Waals surface area contributed by atoms with Crippen molar-refractivity contribution in [1.29, 1.82) is 0 Å². The van der Waals surface area contributed by atoms with E-state index in [1.165, 1.54) is 18.1 Å². The maximum absolute atomic E-state index is 12.1. The zero-order valence-corrected chi connectivity index (χ0v) is 15.6. The first-order valence-electron chi connectivity index (χ1n) is 7.91. The van der Waals surface area contributed by atoms with Crippen LogP contribution in [0.4, 0.5) is 0 Å². The number of furan rings is 1. The van der Waals surface area contributed by atoms with Crippen molar-refractivity contribution < 1.29 is 9.21 Å². The van der Waals surface area contributed by atoms with Crippen LogP contribution in [-0.2, 0) is 12.2 Å². The molecule has 3 rings (SSSR count). The maximum Gasteiger partial charge on any atom is 0.287 e. The van der Waals surface area contributed by atoms with Crippen LogP contribution < -0.4 is 5.32 Å². The van der Waals surface area contributed by atoms with Crippen molar-refractivity contribution in [2.45, 2.75) is 37.1 Å². The normalized spacial score (nSPS) is 11.2. The van der Waals surface area contributed by atoms with E-state index in [9.17, 15) is 4.79 Å². The number of nitrogens with one attached hydrogen (secondary N) is 2. The molecular formula is C16H19N5O2S2. The minimum Gasteiger partial charge on any atom is -0.455 e. The summed E-state index contributed by atoms with van der Waals surface area (Å²) in [4.78, 5) is 20.7. The average molecular weight is 377 g/mol. The van der Waals surface area contributed by atoms with Crippen LogP contribution in [0, 0.1) is 0 Å². The second-order valence-corrected chi connectivity index (χ2v) is 7.54. The highest BCUT2D eigenvalue weighted by Gasteiger charge is 2.12. The fraction of sp³-hybridized carbons (Fsp3) is 0.375. The summed E-state index contributed by atoms with van der Waals surface area (Å²) in [5.74, 6) is 1.83.